The topological polar surface area (TPSA) is 80.2 Å². The van der Waals surface area contributed by atoms with Crippen molar-refractivity contribution in [3.63, 3.8) is 0 Å². The molecule has 2 aromatic carbocycles. The van der Waals surface area contributed by atoms with Gasteiger partial charge in [0.2, 0.25) is 5.91 Å². The maximum atomic E-state index is 13.5. The smallest absolute Gasteiger partial charge is 0.338 e. The molecule has 2 aromatic rings. The van der Waals surface area contributed by atoms with E-state index in [1.54, 1.807) is 14.0 Å². The molecule has 3 aliphatic rings. The van der Waals surface area contributed by atoms with Gasteiger partial charge in [-0.15, -0.1) is 0 Å². The summed E-state index contributed by atoms with van der Waals surface area (Å²) in [5.41, 5.74) is 3.49. The zero-order valence-corrected chi connectivity index (χ0v) is 20.5. The summed E-state index contributed by atoms with van der Waals surface area (Å²) in [7, 11) is 1.61. The van der Waals surface area contributed by atoms with Crippen molar-refractivity contribution >= 4 is 34.5 Å². The second-order valence-corrected chi connectivity index (χ2v) is 9.37. The van der Waals surface area contributed by atoms with E-state index in [9.17, 15) is 9.59 Å². The third kappa shape index (κ3) is 4.84. The van der Waals surface area contributed by atoms with Crippen molar-refractivity contribution in [1.82, 2.24) is 10.2 Å². The van der Waals surface area contributed by atoms with E-state index in [4.69, 9.17) is 14.5 Å². The highest BCUT2D eigenvalue weighted by Gasteiger charge is 2.42. The van der Waals surface area contributed by atoms with E-state index in [-0.39, 0.29) is 25.0 Å². The summed E-state index contributed by atoms with van der Waals surface area (Å²) in [5, 5.41) is 5.73. The van der Waals surface area contributed by atoms with Gasteiger partial charge in [0.15, 0.2) is 5.17 Å². The maximum absolute atomic E-state index is 13.5. The number of ether oxygens (including phenoxy) is 2. The van der Waals surface area contributed by atoms with Crippen molar-refractivity contribution < 1.29 is 19.1 Å². The molecule has 0 aromatic heterocycles. The minimum Gasteiger partial charge on any atom is -0.497 e. The first-order valence-corrected chi connectivity index (χ1v) is 12.6. The van der Waals surface area contributed by atoms with Gasteiger partial charge in [0.05, 0.1) is 37.4 Å². The van der Waals surface area contributed by atoms with Gasteiger partial charge in [-0.25, -0.2) is 9.79 Å². The van der Waals surface area contributed by atoms with E-state index >= 15 is 0 Å². The third-order valence-corrected chi connectivity index (χ3v) is 6.94. The molecule has 1 aliphatic carbocycles. The number of hydrogen-bond acceptors (Lipinski definition) is 7. The van der Waals surface area contributed by atoms with E-state index in [1.807, 2.05) is 64.9 Å². The Morgan fingerprint density at radius 1 is 1.14 bits per heavy atom. The number of amides is 1. The highest BCUT2D eigenvalue weighted by molar-refractivity contribution is 8.16. The molecule has 1 N–H and O–H groups in total. The molecule has 2 heterocycles. The molecule has 5 rings (SSSR count). The molecular weight excluding hydrogens is 462 g/mol. The van der Waals surface area contributed by atoms with Crippen LogP contribution in [0.4, 0.5) is 0 Å². The van der Waals surface area contributed by atoms with Gasteiger partial charge in [-0.3, -0.25) is 4.79 Å². The van der Waals surface area contributed by atoms with Gasteiger partial charge < -0.3 is 19.7 Å². The molecule has 0 radical (unpaired) electrons. The highest BCUT2D eigenvalue weighted by atomic mass is 32.2. The van der Waals surface area contributed by atoms with Crippen LogP contribution in [0, 0.1) is 0 Å². The number of aliphatic imine (C=N–C) groups is 1. The molecule has 1 fully saturated rings. The Kier molecular flexibility index (Phi) is 6.63. The molecule has 2 aliphatic heterocycles. The number of carbonyl (C=O) groups excluding carboxylic acids is 2. The molecule has 0 spiro atoms. The fraction of sp³-hybridized carbons (Fsp3) is 0.296. The molecule has 0 saturated heterocycles. The van der Waals surface area contributed by atoms with E-state index < -0.39 is 12.0 Å². The molecule has 1 unspecified atom stereocenters. The van der Waals surface area contributed by atoms with Crippen molar-refractivity contribution in [3.8, 4) is 5.75 Å². The van der Waals surface area contributed by atoms with Gasteiger partial charge in [-0.2, -0.15) is 0 Å². The molecule has 7 nitrogen and oxygen atoms in total. The standard InChI is InChI=1S/C27H27N3O4S/c1-3-34-26(32)23-24(17-8-5-4-6-9-17)29-27-30(25(23)18-10-7-11-21(14-18)33-2)20(16-35-27)15-22(31)28-19-12-13-19/h4-11,14,16,19,25H,3,12-13,15H2,1-2H3,(H,28,31). The third-order valence-electron chi connectivity index (χ3n) is 6.05. The van der Waals surface area contributed by atoms with Crippen LogP contribution in [0.15, 0.2) is 76.3 Å². The first-order valence-electron chi connectivity index (χ1n) is 11.7. The summed E-state index contributed by atoms with van der Waals surface area (Å²) in [4.78, 5) is 33.1. The second kappa shape index (κ2) is 10.00. The van der Waals surface area contributed by atoms with E-state index in [0.29, 0.717) is 17.0 Å². The number of thioether (sulfide) groups is 1. The van der Waals surface area contributed by atoms with Crippen molar-refractivity contribution in [2.45, 2.75) is 38.3 Å². The van der Waals surface area contributed by atoms with Gasteiger partial charge in [-0.05, 0) is 42.9 Å². The number of nitrogens with one attached hydrogen (secondary N) is 1. The Bertz CT molecular complexity index is 1230. The molecule has 8 heteroatoms. The van der Waals surface area contributed by atoms with Crippen LogP contribution in [-0.4, -0.2) is 41.7 Å². The number of rotatable bonds is 8. The van der Waals surface area contributed by atoms with Crippen LogP contribution in [0.5, 0.6) is 5.75 Å². The Morgan fingerprint density at radius 3 is 2.66 bits per heavy atom. The van der Waals surface area contributed by atoms with Crippen LogP contribution >= 0.6 is 11.8 Å². The highest BCUT2D eigenvalue weighted by Crippen LogP contribution is 2.47. The normalized spacial score (nSPS) is 19.0. The van der Waals surface area contributed by atoms with Crippen LogP contribution in [0.25, 0.3) is 5.70 Å². The lowest BCUT2D eigenvalue weighted by Gasteiger charge is -2.37. The molecule has 35 heavy (non-hydrogen) atoms. The zero-order valence-electron chi connectivity index (χ0n) is 19.7. The predicted octanol–water partition coefficient (Wildman–Crippen LogP) is 4.64. The molecule has 1 atom stereocenters. The quantitative estimate of drug-likeness (QED) is 0.544. The largest absolute Gasteiger partial charge is 0.497 e. The van der Waals surface area contributed by atoms with Crippen LogP contribution in [0.3, 0.4) is 0 Å². The van der Waals surface area contributed by atoms with Crippen molar-refractivity contribution in [2.75, 3.05) is 13.7 Å². The predicted molar refractivity (Wildman–Crippen MR) is 136 cm³/mol. The average molecular weight is 490 g/mol. The first-order chi connectivity index (χ1) is 17.1. The monoisotopic (exact) mass is 489 g/mol. The minimum absolute atomic E-state index is 0.0273. The number of esters is 1. The average Bonchev–Trinajstić information content (AvgIpc) is 3.61. The zero-order chi connectivity index (χ0) is 24.4. The Hall–Kier alpha value is -3.52. The fourth-order valence-electron chi connectivity index (χ4n) is 4.29. The van der Waals surface area contributed by atoms with Gasteiger partial charge in [0.25, 0.3) is 0 Å². The lowest BCUT2D eigenvalue weighted by atomic mass is 9.91. The number of benzene rings is 2. The van der Waals surface area contributed by atoms with Crippen molar-refractivity contribution in [3.05, 3.63) is 82.4 Å². The van der Waals surface area contributed by atoms with E-state index in [0.717, 1.165) is 34.8 Å². The van der Waals surface area contributed by atoms with E-state index in [2.05, 4.69) is 5.32 Å². The van der Waals surface area contributed by atoms with E-state index in [1.165, 1.54) is 11.8 Å². The molecule has 1 saturated carbocycles. The number of fused-ring (bicyclic) bond motifs is 1. The number of nitrogens with zero attached hydrogens (tertiary/aromatic N) is 2. The lowest BCUT2D eigenvalue weighted by molar-refractivity contribution is -0.139. The molecule has 180 valence electrons. The summed E-state index contributed by atoms with van der Waals surface area (Å²) in [5.74, 6) is 0.223. The van der Waals surface area contributed by atoms with Crippen LogP contribution in [0.2, 0.25) is 0 Å². The number of methoxy groups -OCH3 is 1. The molecular formula is C27H27N3O4S. The minimum atomic E-state index is -0.526. The van der Waals surface area contributed by atoms with Crippen molar-refractivity contribution in [1.29, 1.82) is 0 Å². The maximum Gasteiger partial charge on any atom is 0.338 e. The number of carbonyl (C=O) groups is 2. The van der Waals surface area contributed by atoms with Crippen LogP contribution in [-0.2, 0) is 14.3 Å². The Balaban J connectivity index is 1.64. The summed E-state index contributed by atoms with van der Waals surface area (Å²) in [6.45, 7) is 2.03. The fourth-order valence-corrected chi connectivity index (χ4v) is 5.20. The van der Waals surface area contributed by atoms with Gasteiger partial charge in [-0.1, -0.05) is 54.2 Å². The number of amidine groups is 1. The van der Waals surface area contributed by atoms with Crippen LogP contribution < -0.4 is 10.1 Å². The van der Waals surface area contributed by atoms with Crippen molar-refractivity contribution in [2.24, 2.45) is 4.99 Å². The summed E-state index contributed by atoms with van der Waals surface area (Å²) >= 11 is 1.46. The number of hydrogen-bond donors (Lipinski definition) is 1. The van der Waals surface area contributed by atoms with Gasteiger partial charge in [0, 0.05) is 17.3 Å². The SMILES string of the molecule is CCOC(=O)C1=C(c2ccccc2)N=C2SC=C(CC(=O)NC3CC3)N2C1c1cccc(OC)c1. The Morgan fingerprint density at radius 2 is 1.94 bits per heavy atom. The molecule has 0 bridgehead atoms. The second-order valence-electron chi connectivity index (χ2n) is 8.54. The summed E-state index contributed by atoms with van der Waals surface area (Å²) in [6.07, 6.45) is 2.26. The first kappa shape index (κ1) is 23.2. The van der Waals surface area contributed by atoms with Gasteiger partial charge in [0.1, 0.15) is 5.75 Å². The summed E-state index contributed by atoms with van der Waals surface area (Å²) in [6, 6.07) is 17.0. The Labute approximate surface area is 208 Å². The summed E-state index contributed by atoms with van der Waals surface area (Å²) < 4.78 is 11.0. The lowest BCUT2D eigenvalue weighted by Crippen LogP contribution is -2.38. The molecule has 1 amide bonds. The van der Waals surface area contributed by atoms with Crippen LogP contribution in [0.1, 0.15) is 43.4 Å². The van der Waals surface area contributed by atoms with Gasteiger partial charge >= 0.3 is 5.97 Å².